The van der Waals surface area contributed by atoms with Gasteiger partial charge in [0.1, 0.15) is 6.61 Å². The summed E-state index contributed by atoms with van der Waals surface area (Å²) in [7, 11) is 0. The Morgan fingerprint density at radius 1 is 1.18 bits per heavy atom. The van der Waals surface area contributed by atoms with Crippen molar-refractivity contribution in [1.82, 2.24) is 4.90 Å². The number of nitrogens with zero attached hydrogens (tertiary/aromatic N) is 2. The van der Waals surface area contributed by atoms with Gasteiger partial charge in [0.15, 0.2) is 0 Å². The lowest BCUT2D eigenvalue weighted by Crippen LogP contribution is -2.38. The summed E-state index contributed by atoms with van der Waals surface area (Å²) in [6.07, 6.45) is 0. The molecular formula is C17H15BrN2O2. The second kappa shape index (κ2) is 6.32. The SMILES string of the molecule is C[C@@H]1COC(=Nc2ccccc2)N1C(=O)c1ccc(Br)cc1. The molecular weight excluding hydrogens is 344 g/mol. The van der Waals surface area contributed by atoms with Gasteiger partial charge in [-0.1, -0.05) is 34.1 Å². The highest BCUT2D eigenvalue weighted by Crippen LogP contribution is 2.21. The van der Waals surface area contributed by atoms with Crippen molar-refractivity contribution in [2.45, 2.75) is 13.0 Å². The predicted octanol–water partition coefficient (Wildman–Crippen LogP) is 4.00. The molecule has 1 heterocycles. The van der Waals surface area contributed by atoms with Gasteiger partial charge in [-0.3, -0.25) is 9.69 Å². The molecule has 0 radical (unpaired) electrons. The second-order valence-corrected chi connectivity index (χ2v) is 5.99. The summed E-state index contributed by atoms with van der Waals surface area (Å²) in [6, 6.07) is 17.1. The third-order valence-electron chi connectivity index (χ3n) is 3.39. The molecule has 1 aliphatic rings. The summed E-state index contributed by atoms with van der Waals surface area (Å²) in [5, 5.41) is 0. The Morgan fingerprint density at radius 2 is 1.86 bits per heavy atom. The van der Waals surface area contributed by atoms with Crippen LogP contribution in [0.25, 0.3) is 0 Å². The Kier molecular flexibility index (Phi) is 4.24. The van der Waals surface area contributed by atoms with Crippen LogP contribution in [0.2, 0.25) is 0 Å². The van der Waals surface area contributed by atoms with Crippen molar-refractivity contribution < 1.29 is 9.53 Å². The number of rotatable bonds is 2. The summed E-state index contributed by atoms with van der Waals surface area (Å²) in [5.41, 5.74) is 1.38. The number of carbonyl (C=O) groups excluding carboxylic acids is 1. The minimum atomic E-state index is -0.104. The Balaban J connectivity index is 1.91. The number of para-hydroxylation sites is 1. The molecule has 0 N–H and O–H groups in total. The highest BCUT2D eigenvalue weighted by atomic mass is 79.9. The maximum atomic E-state index is 12.7. The number of hydrogen-bond donors (Lipinski definition) is 0. The molecule has 1 amide bonds. The monoisotopic (exact) mass is 358 g/mol. The third kappa shape index (κ3) is 3.04. The van der Waals surface area contributed by atoms with Crippen LogP contribution in [0.4, 0.5) is 5.69 Å². The van der Waals surface area contributed by atoms with Gasteiger partial charge in [-0.25, -0.2) is 0 Å². The van der Waals surface area contributed by atoms with Gasteiger partial charge < -0.3 is 4.74 Å². The number of halogens is 1. The molecule has 22 heavy (non-hydrogen) atoms. The predicted molar refractivity (Wildman–Crippen MR) is 89.3 cm³/mol. The van der Waals surface area contributed by atoms with Crippen LogP contribution >= 0.6 is 15.9 Å². The first-order valence-corrected chi connectivity index (χ1v) is 7.80. The summed E-state index contributed by atoms with van der Waals surface area (Å²) in [6.45, 7) is 2.40. The summed E-state index contributed by atoms with van der Waals surface area (Å²) < 4.78 is 6.53. The minimum absolute atomic E-state index is 0.0430. The van der Waals surface area contributed by atoms with Gasteiger partial charge in [-0.2, -0.15) is 4.99 Å². The molecule has 1 atom stereocenters. The number of hydrogen-bond acceptors (Lipinski definition) is 3. The van der Waals surface area contributed by atoms with Gasteiger partial charge in [0.25, 0.3) is 11.9 Å². The van der Waals surface area contributed by atoms with Gasteiger partial charge in [0.2, 0.25) is 0 Å². The van der Waals surface area contributed by atoms with Crippen LogP contribution in [0.1, 0.15) is 17.3 Å². The number of benzene rings is 2. The highest BCUT2D eigenvalue weighted by Gasteiger charge is 2.34. The van der Waals surface area contributed by atoms with Gasteiger partial charge in [0.05, 0.1) is 11.7 Å². The number of amidine groups is 1. The fourth-order valence-corrected chi connectivity index (χ4v) is 2.51. The standard InChI is InChI=1S/C17H15BrN2O2/c1-12-11-22-17(19-15-5-3-2-4-6-15)20(12)16(21)13-7-9-14(18)10-8-13/h2-10,12H,11H2,1H3/t12-/m1/s1. The zero-order chi connectivity index (χ0) is 15.5. The molecule has 0 aromatic heterocycles. The van der Waals surface area contributed by atoms with E-state index in [1.165, 1.54) is 0 Å². The van der Waals surface area contributed by atoms with Crippen molar-refractivity contribution in [2.75, 3.05) is 6.61 Å². The molecule has 3 rings (SSSR count). The Bertz CT molecular complexity index is 698. The summed E-state index contributed by atoms with van der Waals surface area (Å²) in [5.74, 6) is -0.104. The molecule has 2 aromatic rings. The molecule has 1 saturated heterocycles. The molecule has 0 aliphatic carbocycles. The van der Waals surface area contributed by atoms with Crippen LogP contribution in [-0.2, 0) is 4.74 Å². The summed E-state index contributed by atoms with van der Waals surface area (Å²) in [4.78, 5) is 18.8. The normalized spacial score (nSPS) is 19.3. The molecule has 1 aliphatic heterocycles. The molecule has 112 valence electrons. The average Bonchev–Trinajstić information content (AvgIpc) is 2.89. The average molecular weight is 359 g/mol. The number of carbonyl (C=O) groups is 1. The van der Waals surface area contributed by atoms with E-state index in [1.807, 2.05) is 49.4 Å². The Morgan fingerprint density at radius 3 is 2.55 bits per heavy atom. The molecule has 0 bridgehead atoms. The molecule has 0 spiro atoms. The fraction of sp³-hybridized carbons (Fsp3) is 0.176. The van der Waals surface area contributed by atoms with E-state index in [0.29, 0.717) is 18.2 Å². The van der Waals surface area contributed by atoms with Crippen molar-refractivity contribution in [1.29, 1.82) is 0 Å². The first-order chi connectivity index (χ1) is 10.6. The maximum Gasteiger partial charge on any atom is 0.300 e. The lowest BCUT2D eigenvalue weighted by molar-refractivity contribution is 0.0828. The van der Waals surface area contributed by atoms with Gasteiger partial charge in [-0.15, -0.1) is 0 Å². The number of amides is 1. The van der Waals surface area contributed by atoms with Crippen LogP contribution < -0.4 is 0 Å². The zero-order valence-corrected chi connectivity index (χ0v) is 13.7. The molecule has 0 saturated carbocycles. The van der Waals surface area contributed by atoms with Crippen molar-refractivity contribution in [3.05, 3.63) is 64.6 Å². The maximum absolute atomic E-state index is 12.7. The van der Waals surface area contributed by atoms with Crippen LogP contribution in [0.3, 0.4) is 0 Å². The summed E-state index contributed by atoms with van der Waals surface area (Å²) >= 11 is 3.37. The lowest BCUT2D eigenvalue weighted by atomic mass is 10.2. The Labute approximate surface area is 137 Å². The van der Waals surface area contributed by atoms with E-state index in [2.05, 4.69) is 20.9 Å². The molecule has 1 fully saturated rings. The fourth-order valence-electron chi connectivity index (χ4n) is 2.25. The van der Waals surface area contributed by atoms with Crippen molar-refractivity contribution in [3.8, 4) is 0 Å². The lowest BCUT2D eigenvalue weighted by Gasteiger charge is -2.18. The molecule has 4 nitrogen and oxygen atoms in total. The van der Waals surface area contributed by atoms with Crippen LogP contribution in [0.15, 0.2) is 64.1 Å². The first-order valence-electron chi connectivity index (χ1n) is 7.01. The molecule has 5 heteroatoms. The molecule has 2 aromatic carbocycles. The smallest absolute Gasteiger partial charge is 0.300 e. The van der Waals surface area contributed by atoms with E-state index in [-0.39, 0.29) is 11.9 Å². The topological polar surface area (TPSA) is 41.9 Å². The van der Waals surface area contributed by atoms with Crippen LogP contribution in [0.5, 0.6) is 0 Å². The third-order valence-corrected chi connectivity index (χ3v) is 3.92. The number of aliphatic imine (C=N–C) groups is 1. The Hall–Kier alpha value is -2.14. The number of ether oxygens (including phenoxy) is 1. The van der Waals surface area contributed by atoms with E-state index >= 15 is 0 Å². The van der Waals surface area contributed by atoms with Crippen molar-refractivity contribution in [3.63, 3.8) is 0 Å². The molecule has 0 unspecified atom stereocenters. The zero-order valence-electron chi connectivity index (χ0n) is 12.1. The van der Waals surface area contributed by atoms with Gasteiger partial charge >= 0.3 is 0 Å². The minimum Gasteiger partial charge on any atom is -0.462 e. The highest BCUT2D eigenvalue weighted by molar-refractivity contribution is 9.10. The second-order valence-electron chi connectivity index (χ2n) is 5.07. The van der Waals surface area contributed by atoms with Crippen LogP contribution in [0, 0.1) is 0 Å². The van der Waals surface area contributed by atoms with Gasteiger partial charge in [0, 0.05) is 10.0 Å². The van der Waals surface area contributed by atoms with E-state index in [0.717, 1.165) is 10.2 Å². The van der Waals surface area contributed by atoms with E-state index < -0.39 is 0 Å². The first kappa shape index (κ1) is 14.8. The van der Waals surface area contributed by atoms with E-state index in [4.69, 9.17) is 4.74 Å². The van der Waals surface area contributed by atoms with E-state index in [9.17, 15) is 4.79 Å². The van der Waals surface area contributed by atoms with Crippen molar-refractivity contribution in [2.24, 2.45) is 4.99 Å². The largest absolute Gasteiger partial charge is 0.462 e. The van der Waals surface area contributed by atoms with E-state index in [1.54, 1.807) is 17.0 Å². The van der Waals surface area contributed by atoms with Crippen molar-refractivity contribution >= 4 is 33.5 Å². The van der Waals surface area contributed by atoms with Crippen LogP contribution in [-0.4, -0.2) is 29.5 Å². The quantitative estimate of drug-likeness (QED) is 0.814. The van der Waals surface area contributed by atoms with Gasteiger partial charge in [-0.05, 0) is 43.3 Å².